The molecule has 0 spiro atoms. The molecule has 1 heterocycles. The van der Waals surface area contributed by atoms with Gasteiger partial charge in [-0.25, -0.2) is 9.18 Å². The highest BCUT2D eigenvalue weighted by molar-refractivity contribution is 6.11. The normalized spacial score (nSPS) is 14.9. The average molecular weight is 596 g/mol. The summed E-state index contributed by atoms with van der Waals surface area (Å²) in [7, 11) is 0. The minimum atomic E-state index is -3.17. The molecule has 9 heteroatoms. The molecule has 4 aromatic carbocycles. The Morgan fingerprint density at radius 2 is 1.36 bits per heavy atom. The molecule has 226 valence electrons. The van der Waals surface area contributed by atoms with Crippen LogP contribution in [0.25, 0.3) is 0 Å². The van der Waals surface area contributed by atoms with Crippen molar-refractivity contribution in [3.63, 3.8) is 0 Å². The Kier molecular flexibility index (Phi) is 9.66. The Hall–Kier alpha value is -5.02. The number of carboxylic acid groups (broad SMARTS) is 1. The van der Waals surface area contributed by atoms with Crippen molar-refractivity contribution in [2.75, 3.05) is 38.1 Å². The number of ether oxygens (including phenoxy) is 1. The van der Waals surface area contributed by atoms with Crippen LogP contribution in [0, 0.1) is 0 Å². The van der Waals surface area contributed by atoms with Crippen molar-refractivity contribution in [3.8, 4) is 5.75 Å². The first kappa shape index (κ1) is 30.4. The van der Waals surface area contributed by atoms with Gasteiger partial charge in [0.15, 0.2) is 6.61 Å². The van der Waals surface area contributed by atoms with E-state index in [0.717, 1.165) is 0 Å². The fourth-order valence-corrected chi connectivity index (χ4v) is 5.37. The van der Waals surface area contributed by atoms with Gasteiger partial charge < -0.3 is 20.1 Å². The molecule has 1 aliphatic rings. The zero-order valence-electron chi connectivity index (χ0n) is 24.1. The van der Waals surface area contributed by atoms with Gasteiger partial charge in [0, 0.05) is 44.4 Å². The summed E-state index contributed by atoms with van der Waals surface area (Å²) in [4.78, 5) is 41.7. The predicted octanol–water partition coefficient (Wildman–Crippen LogP) is 4.97. The second-order valence-electron chi connectivity index (χ2n) is 10.7. The number of nitrogens with one attached hydrogen (secondary N) is 1. The van der Waals surface area contributed by atoms with Gasteiger partial charge in [0.1, 0.15) is 5.75 Å². The summed E-state index contributed by atoms with van der Waals surface area (Å²) in [5, 5.41) is 11.9. The fraction of sp³-hybridized carbons (Fsp3) is 0.229. The number of aliphatic carboxylic acids is 1. The van der Waals surface area contributed by atoms with Crippen LogP contribution in [-0.4, -0.2) is 71.1 Å². The standard InChI is InChI=1S/C35H34FN3O5/c36-35(34(42)43,24-26-11-4-1-5-12-26)33(41)37-29-17-10-18-30(23-29)44-25-31(40)38-19-21-39(22-20-38)32(27-13-6-2-7-14-27)28-15-8-3-9-16-28/h1-18,23,32H,19-22,24-25H2,(H,37,41)(H,42,43). The van der Waals surface area contributed by atoms with E-state index in [0.29, 0.717) is 31.7 Å². The topological polar surface area (TPSA) is 99.2 Å². The van der Waals surface area contributed by atoms with E-state index in [4.69, 9.17) is 4.74 Å². The van der Waals surface area contributed by atoms with Crippen molar-refractivity contribution >= 4 is 23.5 Å². The smallest absolute Gasteiger partial charge is 0.351 e. The number of carbonyl (C=O) groups is 3. The summed E-state index contributed by atoms with van der Waals surface area (Å²) < 4.78 is 21.1. The number of anilines is 1. The molecule has 1 saturated heterocycles. The maximum Gasteiger partial charge on any atom is 0.351 e. The zero-order chi connectivity index (χ0) is 30.9. The van der Waals surface area contributed by atoms with Gasteiger partial charge in [-0.05, 0) is 28.8 Å². The molecule has 0 aromatic heterocycles. The Labute approximate surface area is 255 Å². The predicted molar refractivity (Wildman–Crippen MR) is 165 cm³/mol. The molecule has 0 aliphatic carbocycles. The summed E-state index contributed by atoms with van der Waals surface area (Å²) in [6.45, 7) is 2.26. The molecule has 8 nitrogen and oxygen atoms in total. The molecular weight excluding hydrogens is 561 g/mol. The molecule has 4 aromatic rings. The van der Waals surface area contributed by atoms with Crippen LogP contribution in [-0.2, 0) is 20.8 Å². The molecule has 2 amide bonds. The zero-order valence-corrected chi connectivity index (χ0v) is 24.1. The number of halogens is 1. The van der Waals surface area contributed by atoms with Crippen molar-refractivity contribution in [1.82, 2.24) is 9.80 Å². The van der Waals surface area contributed by atoms with E-state index < -0.39 is 24.0 Å². The lowest BCUT2D eigenvalue weighted by atomic mass is 9.95. The van der Waals surface area contributed by atoms with E-state index in [9.17, 15) is 19.5 Å². The quantitative estimate of drug-likeness (QED) is 0.238. The largest absolute Gasteiger partial charge is 0.484 e. The summed E-state index contributed by atoms with van der Waals surface area (Å²) in [5.74, 6) is -3.07. The molecule has 0 radical (unpaired) electrons. The van der Waals surface area contributed by atoms with Gasteiger partial charge in [0.25, 0.3) is 17.5 Å². The van der Waals surface area contributed by atoms with Crippen LogP contribution in [0.15, 0.2) is 115 Å². The molecular formula is C35H34FN3O5. The fourth-order valence-electron chi connectivity index (χ4n) is 5.37. The van der Waals surface area contributed by atoms with Gasteiger partial charge in [0.2, 0.25) is 0 Å². The number of benzene rings is 4. The van der Waals surface area contributed by atoms with Crippen molar-refractivity contribution in [3.05, 3.63) is 132 Å². The van der Waals surface area contributed by atoms with Gasteiger partial charge in [0.05, 0.1) is 6.04 Å². The van der Waals surface area contributed by atoms with Crippen molar-refractivity contribution in [2.45, 2.75) is 18.1 Å². The first-order chi connectivity index (χ1) is 21.3. The minimum absolute atomic E-state index is 0.0840. The number of hydrogen-bond donors (Lipinski definition) is 2. The lowest BCUT2D eigenvalue weighted by molar-refractivity contribution is -0.156. The van der Waals surface area contributed by atoms with Crippen LogP contribution in [0.4, 0.5) is 10.1 Å². The Morgan fingerprint density at radius 3 is 1.93 bits per heavy atom. The highest BCUT2D eigenvalue weighted by Crippen LogP contribution is 2.29. The third-order valence-electron chi connectivity index (χ3n) is 7.71. The lowest BCUT2D eigenvalue weighted by Crippen LogP contribution is -2.51. The number of nitrogens with zero attached hydrogens (tertiary/aromatic N) is 2. The second-order valence-corrected chi connectivity index (χ2v) is 10.7. The number of rotatable bonds is 11. The summed E-state index contributed by atoms with van der Waals surface area (Å²) in [6, 6.07) is 34.9. The molecule has 1 aliphatic heterocycles. The summed E-state index contributed by atoms with van der Waals surface area (Å²) >= 11 is 0. The molecule has 44 heavy (non-hydrogen) atoms. The summed E-state index contributed by atoms with van der Waals surface area (Å²) in [6.07, 6.45) is -0.621. The highest BCUT2D eigenvalue weighted by atomic mass is 19.1. The van der Waals surface area contributed by atoms with Gasteiger partial charge in [-0.15, -0.1) is 0 Å². The van der Waals surface area contributed by atoms with E-state index >= 15 is 4.39 Å². The number of hydrogen-bond acceptors (Lipinski definition) is 5. The van der Waals surface area contributed by atoms with Crippen LogP contribution in [0.2, 0.25) is 0 Å². The minimum Gasteiger partial charge on any atom is -0.484 e. The number of alkyl halides is 1. The highest BCUT2D eigenvalue weighted by Gasteiger charge is 2.47. The molecule has 2 N–H and O–H groups in total. The average Bonchev–Trinajstić information content (AvgIpc) is 3.05. The van der Waals surface area contributed by atoms with Gasteiger partial charge in [-0.1, -0.05) is 97.1 Å². The van der Waals surface area contributed by atoms with Gasteiger partial charge >= 0.3 is 5.97 Å². The van der Waals surface area contributed by atoms with Crippen molar-refractivity contribution < 1.29 is 28.6 Å². The monoisotopic (exact) mass is 595 g/mol. The number of carboxylic acids is 1. The van der Waals surface area contributed by atoms with Crippen LogP contribution in [0.1, 0.15) is 22.7 Å². The van der Waals surface area contributed by atoms with Crippen molar-refractivity contribution in [1.29, 1.82) is 0 Å². The Morgan fingerprint density at radius 1 is 0.795 bits per heavy atom. The molecule has 1 unspecified atom stereocenters. The number of carbonyl (C=O) groups excluding carboxylic acids is 2. The van der Waals surface area contributed by atoms with Gasteiger partial charge in [-0.3, -0.25) is 14.5 Å². The van der Waals surface area contributed by atoms with Crippen LogP contribution >= 0.6 is 0 Å². The number of piperazine rings is 1. The second kappa shape index (κ2) is 14.0. The van der Waals surface area contributed by atoms with Crippen LogP contribution in [0.5, 0.6) is 5.75 Å². The third-order valence-corrected chi connectivity index (χ3v) is 7.71. The lowest BCUT2D eigenvalue weighted by Gasteiger charge is -2.39. The Balaban J connectivity index is 1.16. The Bertz CT molecular complexity index is 1520. The van der Waals surface area contributed by atoms with E-state index in [-0.39, 0.29) is 30.0 Å². The van der Waals surface area contributed by atoms with E-state index in [1.165, 1.54) is 23.3 Å². The molecule has 0 saturated carbocycles. The number of amides is 2. The first-order valence-electron chi connectivity index (χ1n) is 14.5. The maximum absolute atomic E-state index is 15.4. The van der Waals surface area contributed by atoms with Crippen LogP contribution in [0.3, 0.4) is 0 Å². The molecule has 5 rings (SSSR count). The SMILES string of the molecule is O=C(COc1cccc(NC(=O)C(F)(Cc2ccccc2)C(=O)O)c1)N1CCN(C(c2ccccc2)c2ccccc2)CC1. The van der Waals surface area contributed by atoms with E-state index in [1.807, 2.05) is 36.4 Å². The molecule has 1 fully saturated rings. The molecule has 1 atom stereocenters. The van der Waals surface area contributed by atoms with E-state index in [2.05, 4.69) is 34.5 Å². The third kappa shape index (κ3) is 7.30. The molecule has 0 bridgehead atoms. The van der Waals surface area contributed by atoms with Crippen molar-refractivity contribution in [2.24, 2.45) is 0 Å². The van der Waals surface area contributed by atoms with E-state index in [1.54, 1.807) is 47.4 Å². The van der Waals surface area contributed by atoms with Crippen LogP contribution < -0.4 is 10.1 Å². The summed E-state index contributed by atoms with van der Waals surface area (Å²) in [5.41, 5.74) is -0.252. The maximum atomic E-state index is 15.4. The van der Waals surface area contributed by atoms with Gasteiger partial charge in [-0.2, -0.15) is 0 Å². The first-order valence-corrected chi connectivity index (χ1v) is 14.5.